The topological polar surface area (TPSA) is 56.3 Å². The molecular weight excluding hydrogens is 279 g/mol. The van der Waals surface area contributed by atoms with Gasteiger partial charge in [0.05, 0.1) is 17.0 Å². The summed E-state index contributed by atoms with van der Waals surface area (Å²) in [6.45, 7) is -0.0774. The van der Waals surface area contributed by atoms with Crippen molar-refractivity contribution in [1.82, 2.24) is 4.98 Å². The van der Waals surface area contributed by atoms with E-state index in [1.54, 1.807) is 12.4 Å². The number of nitrogens with zero attached hydrogens (tertiary/aromatic N) is 1. The van der Waals surface area contributed by atoms with E-state index in [-0.39, 0.29) is 6.42 Å². The summed E-state index contributed by atoms with van der Waals surface area (Å²) in [6.07, 6.45) is -4.54. The smallest absolute Gasteiger partial charge is 0.261 e. The van der Waals surface area contributed by atoms with Crippen LogP contribution in [0.1, 0.15) is 10.6 Å². The van der Waals surface area contributed by atoms with Crippen LogP contribution < -0.4 is 0 Å². The van der Waals surface area contributed by atoms with Gasteiger partial charge in [-0.2, -0.15) is 21.6 Å². The van der Waals surface area contributed by atoms with Crippen LogP contribution in [-0.4, -0.2) is 31.9 Å². The Hall–Kier alpha value is -0.670. The highest BCUT2D eigenvalue weighted by Crippen LogP contribution is 2.17. The Morgan fingerprint density at radius 2 is 2.12 bits per heavy atom. The Kier molecular flexibility index (Phi) is 4.50. The first kappa shape index (κ1) is 14.4. The molecule has 0 unspecified atom stereocenters. The molecule has 0 amide bonds. The lowest BCUT2D eigenvalue weighted by Crippen LogP contribution is -2.22. The van der Waals surface area contributed by atoms with Crippen molar-refractivity contribution < 1.29 is 25.8 Å². The van der Waals surface area contributed by atoms with E-state index in [4.69, 9.17) is 0 Å². The molecule has 17 heavy (non-hydrogen) atoms. The molecule has 0 atom stereocenters. The van der Waals surface area contributed by atoms with E-state index in [1.165, 1.54) is 11.3 Å². The third-order valence-corrected chi connectivity index (χ3v) is 4.00. The molecule has 1 aromatic heterocycles. The molecule has 98 valence electrons. The van der Waals surface area contributed by atoms with Crippen molar-refractivity contribution in [2.24, 2.45) is 0 Å². The van der Waals surface area contributed by atoms with E-state index in [9.17, 15) is 21.6 Å². The fourth-order valence-electron chi connectivity index (χ4n) is 0.999. The summed E-state index contributed by atoms with van der Waals surface area (Å²) in [4.78, 5) is 4.63. The first-order chi connectivity index (χ1) is 7.70. The molecule has 0 fully saturated rings. The summed E-state index contributed by atoms with van der Waals surface area (Å²) in [5.41, 5.74) is 2.23. The van der Waals surface area contributed by atoms with E-state index in [1.807, 2.05) is 0 Å². The molecule has 0 radical (unpaired) electrons. The fraction of sp³-hybridized carbons (Fsp3) is 0.625. The maximum atomic E-state index is 11.8. The molecule has 0 N–H and O–H groups in total. The summed E-state index contributed by atoms with van der Waals surface area (Å²) in [5.74, 6) is -0.480. The van der Waals surface area contributed by atoms with Gasteiger partial charge in [0.15, 0.2) is 6.61 Å². The Labute approximate surface area is 101 Å². The lowest BCUT2D eigenvalue weighted by Gasteiger charge is -2.07. The molecule has 1 rings (SSSR count). The fourth-order valence-corrected chi connectivity index (χ4v) is 2.79. The number of hydrogen-bond acceptors (Lipinski definition) is 5. The third kappa shape index (κ3) is 5.46. The van der Waals surface area contributed by atoms with E-state index in [0.717, 1.165) is 4.88 Å². The van der Waals surface area contributed by atoms with Crippen LogP contribution in [0.15, 0.2) is 5.51 Å². The van der Waals surface area contributed by atoms with Crippen LogP contribution in [0.2, 0.25) is 0 Å². The average Bonchev–Trinajstić information content (AvgIpc) is 2.58. The zero-order valence-corrected chi connectivity index (χ0v) is 10.5. The predicted molar refractivity (Wildman–Crippen MR) is 56.3 cm³/mol. The first-order valence-corrected chi connectivity index (χ1v) is 6.98. The molecule has 9 heteroatoms. The molecule has 0 saturated carbocycles. The van der Waals surface area contributed by atoms with Crippen LogP contribution in [-0.2, 0) is 20.7 Å². The van der Waals surface area contributed by atoms with Gasteiger partial charge in [0, 0.05) is 4.88 Å². The van der Waals surface area contributed by atoms with Crippen LogP contribution in [0.3, 0.4) is 0 Å². The minimum Gasteiger partial charge on any atom is -0.261 e. The van der Waals surface area contributed by atoms with Crippen molar-refractivity contribution >= 4 is 21.5 Å². The average molecular weight is 289 g/mol. The van der Waals surface area contributed by atoms with E-state index in [2.05, 4.69) is 9.17 Å². The largest absolute Gasteiger partial charge is 0.413 e. The van der Waals surface area contributed by atoms with Gasteiger partial charge in [-0.15, -0.1) is 11.3 Å². The van der Waals surface area contributed by atoms with E-state index < -0.39 is 28.7 Å². The molecule has 0 aromatic carbocycles. The Morgan fingerprint density at radius 3 is 2.59 bits per heavy atom. The molecular formula is C8H10F3NO3S2. The maximum absolute atomic E-state index is 11.8. The molecule has 0 aliphatic rings. The molecule has 0 aliphatic carbocycles. The number of thiazole rings is 1. The van der Waals surface area contributed by atoms with Crippen molar-refractivity contribution in [2.45, 2.75) is 19.5 Å². The van der Waals surface area contributed by atoms with Crippen molar-refractivity contribution in [3.05, 3.63) is 16.1 Å². The van der Waals surface area contributed by atoms with Crippen molar-refractivity contribution in [2.75, 3.05) is 12.4 Å². The van der Waals surface area contributed by atoms with Gasteiger partial charge >= 0.3 is 6.18 Å². The predicted octanol–water partition coefficient (Wildman–Crippen LogP) is 1.90. The van der Waals surface area contributed by atoms with Crippen molar-refractivity contribution in [3.8, 4) is 0 Å². The van der Waals surface area contributed by atoms with Gasteiger partial charge in [-0.1, -0.05) is 0 Å². The van der Waals surface area contributed by atoms with Crippen LogP contribution in [0.25, 0.3) is 0 Å². The second-order valence-electron chi connectivity index (χ2n) is 3.25. The summed E-state index contributed by atoms with van der Waals surface area (Å²) in [6, 6.07) is 0. The molecule has 1 heterocycles. The van der Waals surface area contributed by atoms with Gasteiger partial charge in [0.25, 0.3) is 10.1 Å². The Morgan fingerprint density at radius 1 is 1.47 bits per heavy atom. The van der Waals surface area contributed by atoms with Crippen molar-refractivity contribution in [1.29, 1.82) is 0 Å². The molecule has 0 saturated heterocycles. The Bertz CT molecular complexity index is 467. The highest BCUT2D eigenvalue weighted by molar-refractivity contribution is 7.86. The summed E-state index contributed by atoms with van der Waals surface area (Å²) in [5, 5.41) is 0. The summed E-state index contributed by atoms with van der Waals surface area (Å²) >= 11 is 1.26. The van der Waals surface area contributed by atoms with Gasteiger partial charge in [-0.25, -0.2) is 4.98 Å². The van der Waals surface area contributed by atoms with Crippen LogP contribution in [0.5, 0.6) is 0 Å². The SMILES string of the molecule is Cc1ncsc1CCS(=O)(=O)OCC(F)(F)F. The number of halogens is 3. The van der Waals surface area contributed by atoms with Crippen molar-refractivity contribution in [3.63, 3.8) is 0 Å². The molecule has 4 nitrogen and oxygen atoms in total. The van der Waals surface area contributed by atoms with Crippen LogP contribution >= 0.6 is 11.3 Å². The highest BCUT2D eigenvalue weighted by Gasteiger charge is 2.30. The minimum atomic E-state index is -4.65. The monoisotopic (exact) mass is 289 g/mol. The lowest BCUT2D eigenvalue weighted by atomic mass is 10.3. The summed E-state index contributed by atoms with van der Waals surface area (Å²) in [7, 11) is -4.15. The number of aryl methyl sites for hydroxylation is 2. The lowest BCUT2D eigenvalue weighted by molar-refractivity contribution is -0.152. The Balaban J connectivity index is 2.48. The van der Waals surface area contributed by atoms with Crippen LogP contribution in [0.4, 0.5) is 13.2 Å². The van der Waals surface area contributed by atoms with Gasteiger partial charge < -0.3 is 0 Å². The number of alkyl halides is 3. The summed E-state index contributed by atoms with van der Waals surface area (Å²) < 4.78 is 61.5. The van der Waals surface area contributed by atoms with Gasteiger partial charge in [-0.05, 0) is 13.3 Å². The van der Waals surface area contributed by atoms with Gasteiger partial charge in [-0.3, -0.25) is 4.18 Å². The number of aromatic nitrogens is 1. The zero-order valence-electron chi connectivity index (χ0n) is 8.82. The normalized spacial score (nSPS) is 12.9. The molecule has 0 spiro atoms. The molecule has 1 aromatic rings. The maximum Gasteiger partial charge on any atom is 0.413 e. The number of rotatable bonds is 5. The van der Waals surface area contributed by atoms with Crippen LogP contribution in [0, 0.1) is 6.92 Å². The zero-order chi connectivity index (χ0) is 13.1. The molecule has 0 aliphatic heterocycles. The van der Waals surface area contributed by atoms with Gasteiger partial charge in [0.1, 0.15) is 0 Å². The van der Waals surface area contributed by atoms with E-state index >= 15 is 0 Å². The van der Waals surface area contributed by atoms with E-state index in [0.29, 0.717) is 5.69 Å². The standard InChI is InChI=1S/C8H10F3NO3S2/c1-6-7(16-5-12-6)2-3-17(13,14)15-4-8(9,10)11/h5H,2-4H2,1H3. The molecule has 0 bridgehead atoms. The second-order valence-corrected chi connectivity index (χ2v) is 5.95. The first-order valence-electron chi connectivity index (χ1n) is 4.52. The second kappa shape index (κ2) is 5.32. The quantitative estimate of drug-likeness (QED) is 0.777. The minimum absolute atomic E-state index is 0.108. The highest BCUT2D eigenvalue weighted by atomic mass is 32.2. The van der Waals surface area contributed by atoms with Gasteiger partial charge in [0.2, 0.25) is 0 Å². The number of hydrogen-bond donors (Lipinski definition) is 0. The third-order valence-electron chi connectivity index (χ3n) is 1.83.